The largest absolute Gasteiger partial charge is 0.452 e. The fourth-order valence-electron chi connectivity index (χ4n) is 3.18. The van der Waals surface area contributed by atoms with Gasteiger partial charge in [-0.15, -0.1) is 0 Å². The molecule has 1 saturated heterocycles. The molecule has 3 atom stereocenters. The second kappa shape index (κ2) is 9.38. The van der Waals surface area contributed by atoms with Crippen molar-refractivity contribution >= 4 is 23.5 Å². The molecule has 1 aliphatic heterocycles. The van der Waals surface area contributed by atoms with E-state index in [0.29, 0.717) is 6.42 Å². The zero-order valence-electron chi connectivity index (χ0n) is 16.7. The van der Waals surface area contributed by atoms with E-state index in [1.807, 2.05) is 0 Å². The summed E-state index contributed by atoms with van der Waals surface area (Å²) < 4.78 is 38.4. The van der Waals surface area contributed by atoms with E-state index in [1.54, 1.807) is 13.8 Å². The van der Waals surface area contributed by atoms with Crippen molar-refractivity contribution < 1.29 is 32.3 Å². The second-order valence-electron chi connectivity index (χ2n) is 7.70. The van der Waals surface area contributed by atoms with Crippen LogP contribution in [0.3, 0.4) is 0 Å². The molecule has 1 heterocycles. The summed E-state index contributed by atoms with van der Waals surface area (Å²) in [4.78, 5) is 49.7. The maximum atomic E-state index is 12.8. The van der Waals surface area contributed by atoms with Gasteiger partial charge in [0.05, 0.1) is 6.04 Å². The van der Waals surface area contributed by atoms with E-state index in [2.05, 4.69) is 10.6 Å². The highest BCUT2D eigenvalue weighted by Gasteiger charge is 2.46. The molecule has 7 nitrogen and oxygen atoms in total. The van der Waals surface area contributed by atoms with Gasteiger partial charge in [0.25, 0.3) is 5.78 Å². The third kappa shape index (κ3) is 5.93. The molecular weight excluding hydrogens is 379 g/mol. The van der Waals surface area contributed by atoms with Crippen LogP contribution in [-0.4, -0.2) is 59.3 Å². The fourth-order valence-corrected chi connectivity index (χ4v) is 3.18. The van der Waals surface area contributed by atoms with Gasteiger partial charge in [0, 0.05) is 13.5 Å². The van der Waals surface area contributed by atoms with Crippen LogP contribution in [0.15, 0.2) is 0 Å². The molecule has 1 fully saturated rings. The maximum Gasteiger partial charge on any atom is 0.452 e. The third-order valence-electron chi connectivity index (χ3n) is 4.66. The van der Waals surface area contributed by atoms with Crippen LogP contribution in [0.2, 0.25) is 0 Å². The number of hydrogen-bond acceptors (Lipinski definition) is 4. The zero-order valence-corrected chi connectivity index (χ0v) is 16.7. The van der Waals surface area contributed by atoms with Crippen LogP contribution >= 0.6 is 0 Å². The van der Waals surface area contributed by atoms with E-state index < -0.39 is 53.7 Å². The molecule has 3 amide bonds. The number of hydrogen-bond donors (Lipinski definition) is 2. The Bertz CT molecular complexity index is 620. The highest BCUT2D eigenvalue weighted by Crippen LogP contribution is 2.24. The average Bonchev–Trinajstić information content (AvgIpc) is 3.04. The number of alkyl halides is 3. The minimum absolute atomic E-state index is 0.240. The summed E-state index contributed by atoms with van der Waals surface area (Å²) in [7, 11) is 0. The smallest absolute Gasteiger partial charge is 0.344 e. The van der Waals surface area contributed by atoms with E-state index in [9.17, 15) is 32.3 Å². The number of nitrogens with one attached hydrogen (secondary N) is 2. The Morgan fingerprint density at radius 3 is 1.93 bits per heavy atom. The molecule has 1 rings (SSSR count). The van der Waals surface area contributed by atoms with Crippen LogP contribution in [0.1, 0.15) is 47.5 Å². The van der Waals surface area contributed by atoms with E-state index in [0.717, 1.165) is 0 Å². The molecule has 0 aromatic rings. The standard InChI is InChI=1S/C18H28F3N3O4/c1-9(2)13(15(26)18(19,20)21)23-16(27)12-7-6-8-24(12)17(28)14(10(3)4)22-11(5)25/h9-10,12-14H,6-8H2,1-5H3,(H,22,25)(H,23,27)/t12-,13?,14-/m0/s1. The zero-order chi connectivity index (χ0) is 21.8. The summed E-state index contributed by atoms with van der Waals surface area (Å²) in [5.74, 6) is -4.70. The van der Waals surface area contributed by atoms with E-state index in [1.165, 1.54) is 25.7 Å². The van der Waals surface area contributed by atoms with Crippen molar-refractivity contribution in [3.63, 3.8) is 0 Å². The van der Waals surface area contributed by atoms with Gasteiger partial charge < -0.3 is 15.5 Å². The van der Waals surface area contributed by atoms with Gasteiger partial charge in [0.1, 0.15) is 12.1 Å². The minimum atomic E-state index is -5.07. The van der Waals surface area contributed by atoms with Gasteiger partial charge in [-0.3, -0.25) is 19.2 Å². The highest BCUT2D eigenvalue weighted by molar-refractivity contribution is 5.96. The number of likely N-dealkylation sites (tertiary alicyclic amines) is 1. The lowest BCUT2D eigenvalue weighted by molar-refractivity contribution is -0.175. The van der Waals surface area contributed by atoms with Gasteiger partial charge in [-0.25, -0.2) is 0 Å². The Morgan fingerprint density at radius 1 is 0.964 bits per heavy atom. The molecular formula is C18H28F3N3O4. The third-order valence-corrected chi connectivity index (χ3v) is 4.66. The van der Waals surface area contributed by atoms with Crippen molar-refractivity contribution in [2.45, 2.75) is 71.8 Å². The van der Waals surface area contributed by atoms with Gasteiger partial charge in [-0.05, 0) is 24.7 Å². The van der Waals surface area contributed by atoms with E-state index >= 15 is 0 Å². The van der Waals surface area contributed by atoms with Crippen molar-refractivity contribution in [1.29, 1.82) is 0 Å². The molecule has 0 spiro atoms. The van der Waals surface area contributed by atoms with Crippen LogP contribution in [-0.2, 0) is 19.2 Å². The number of rotatable bonds is 7. The molecule has 0 bridgehead atoms. The van der Waals surface area contributed by atoms with Crippen molar-refractivity contribution in [2.24, 2.45) is 11.8 Å². The summed E-state index contributed by atoms with van der Waals surface area (Å²) in [5, 5.41) is 4.72. The first-order chi connectivity index (χ1) is 12.8. The van der Waals surface area contributed by atoms with E-state index in [4.69, 9.17) is 0 Å². The molecule has 0 radical (unpaired) electrons. The molecule has 0 aliphatic carbocycles. The monoisotopic (exact) mass is 407 g/mol. The van der Waals surface area contributed by atoms with Crippen molar-refractivity contribution in [3.05, 3.63) is 0 Å². The number of halogens is 3. The van der Waals surface area contributed by atoms with Crippen LogP contribution in [0.25, 0.3) is 0 Å². The molecule has 2 N–H and O–H groups in total. The van der Waals surface area contributed by atoms with E-state index in [-0.39, 0.29) is 18.9 Å². The number of amides is 3. The number of Topliss-reactive ketones (excluding diaryl/α,β-unsaturated/α-hetero) is 1. The molecule has 1 unspecified atom stereocenters. The summed E-state index contributed by atoms with van der Waals surface area (Å²) in [5.41, 5.74) is 0. The molecule has 0 aromatic heterocycles. The summed E-state index contributed by atoms with van der Waals surface area (Å²) in [6.45, 7) is 7.79. The van der Waals surface area contributed by atoms with Crippen molar-refractivity contribution in [1.82, 2.24) is 15.5 Å². The first-order valence-electron chi connectivity index (χ1n) is 9.26. The minimum Gasteiger partial charge on any atom is -0.344 e. The van der Waals surface area contributed by atoms with Gasteiger partial charge in [-0.2, -0.15) is 13.2 Å². The quantitative estimate of drug-likeness (QED) is 0.667. The lowest BCUT2D eigenvalue weighted by Crippen LogP contribution is -2.58. The van der Waals surface area contributed by atoms with Gasteiger partial charge >= 0.3 is 6.18 Å². The van der Waals surface area contributed by atoms with Gasteiger partial charge in [-0.1, -0.05) is 27.7 Å². The molecule has 1 aliphatic rings. The van der Waals surface area contributed by atoms with Crippen LogP contribution in [0.4, 0.5) is 13.2 Å². The predicted molar refractivity (Wildman–Crippen MR) is 95.0 cm³/mol. The molecule has 0 saturated carbocycles. The summed E-state index contributed by atoms with van der Waals surface area (Å²) in [6, 6.07) is -3.55. The Balaban J connectivity index is 2.98. The number of carbonyl (C=O) groups is 4. The normalized spacial score (nSPS) is 19.5. The Hall–Kier alpha value is -2.13. The maximum absolute atomic E-state index is 12.8. The fraction of sp³-hybridized carbons (Fsp3) is 0.778. The van der Waals surface area contributed by atoms with Gasteiger partial charge in [0.2, 0.25) is 17.7 Å². The summed E-state index contributed by atoms with van der Waals surface area (Å²) >= 11 is 0. The van der Waals surface area contributed by atoms with Crippen LogP contribution < -0.4 is 10.6 Å². The lowest BCUT2D eigenvalue weighted by Gasteiger charge is -2.31. The predicted octanol–water partition coefficient (Wildman–Crippen LogP) is 1.41. The molecule has 0 aromatic carbocycles. The number of ketones is 1. The first-order valence-corrected chi connectivity index (χ1v) is 9.26. The van der Waals surface area contributed by atoms with Gasteiger partial charge in [0.15, 0.2) is 0 Å². The van der Waals surface area contributed by atoms with Crippen molar-refractivity contribution in [3.8, 4) is 0 Å². The Labute approximate surface area is 162 Å². The molecule has 28 heavy (non-hydrogen) atoms. The molecule has 160 valence electrons. The SMILES string of the molecule is CC(=O)N[C@H](C(=O)N1CCC[C@H]1C(=O)NC(C(=O)C(F)(F)F)C(C)C)C(C)C. The van der Waals surface area contributed by atoms with Crippen LogP contribution in [0, 0.1) is 11.8 Å². The summed E-state index contributed by atoms with van der Waals surface area (Å²) in [6.07, 6.45) is -4.30. The first kappa shape index (κ1) is 23.9. The van der Waals surface area contributed by atoms with Crippen molar-refractivity contribution in [2.75, 3.05) is 6.54 Å². The number of carbonyl (C=O) groups excluding carboxylic acids is 4. The second-order valence-corrected chi connectivity index (χ2v) is 7.70. The highest BCUT2D eigenvalue weighted by atomic mass is 19.4. The van der Waals surface area contributed by atoms with Crippen LogP contribution in [0.5, 0.6) is 0 Å². The Morgan fingerprint density at radius 2 is 1.50 bits per heavy atom. The Kier molecular flexibility index (Phi) is 8.01. The molecule has 10 heteroatoms. The lowest BCUT2D eigenvalue weighted by atomic mass is 9.98. The topological polar surface area (TPSA) is 95.6 Å². The number of nitrogens with zero attached hydrogens (tertiary/aromatic N) is 1. The average molecular weight is 407 g/mol.